The van der Waals surface area contributed by atoms with Crippen molar-refractivity contribution in [3.63, 3.8) is 0 Å². The Kier molecular flexibility index (Phi) is 4.12. The largest absolute Gasteiger partial charge is 0.481 e. The molecule has 0 aliphatic carbocycles. The highest BCUT2D eigenvalue weighted by Crippen LogP contribution is 2.33. The lowest BCUT2D eigenvalue weighted by molar-refractivity contribution is -0.146. The van der Waals surface area contributed by atoms with E-state index in [1.807, 2.05) is 13.8 Å². The van der Waals surface area contributed by atoms with Gasteiger partial charge in [-0.15, -0.1) is 0 Å². The lowest BCUT2D eigenvalue weighted by Crippen LogP contribution is -2.35. The maximum atomic E-state index is 12.5. The van der Waals surface area contributed by atoms with E-state index < -0.39 is 21.4 Å². The van der Waals surface area contributed by atoms with Crippen molar-refractivity contribution in [1.82, 2.24) is 13.9 Å². The van der Waals surface area contributed by atoms with Crippen molar-refractivity contribution in [2.24, 2.45) is 11.3 Å². The molecule has 1 unspecified atom stereocenters. The van der Waals surface area contributed by atoms with Gasteiger partial charge in [0.1, 0.15) is 0 Å². The lowest BCUT2D eigenvalue weighted by atomic mass is 9.90. The van der Waals surface area contributed by atoms with Crippen molar-refractivity contribution in [3.05, 3.63) is 12.5 Å². The first kappa shape index (κ1) is 16.0. The van der Waals surface area contributed by atoms with E-state index in [0.29, 0.717) is 18.9 Å². The average molecular weight is 315 g/mol. The van der Waals surface area contributed by atoms with Crippen LogP contribution in [0.4, 0.5) is 0 Å². The SMILES string of the molecule is CC(C)Cn1cnc(S(=O)(=O)N2CCC(C)(C(=O)O)C2)c1. The minimum Gasteiger partial charge on any atom is -0.481 e. The Balaban J connectivity index is 2.20. The Morgan fingerprint density at radius 2 is 2.19 bits per heavy atom. The summed E-state index contributed by atoms with van der Waals surface area (Å²) in [5, 5.41) is 9.17. The van der Waals surface area contributed by atoms with Crippen LogP contribution in [-0.2, 0) is 21.4 Å². The van der Waals surface area contributed by atoms with Crippen molar-refractivity contribution in [1.29, 1.82) is 0 Å². The molecule has 2 heterocycles. The number of hydrogen-bond acceptors (Lipinski definition) is 4. The molecule has 7 nitrogen and oxygen atoms in total. The van der Waals surface area contributed by atoms with Gasteiger partial charge >= 0.3 is 5.97 Å². The third kappa shape index (κ3) is 3.11. The van der Waals surface area contributed by atoms with Crippen molar-refractivity contribution in [2.75, 3.05) is 13.1 Å². The molecule has 1 N–H and O–H groups in total. The van der Waals surface area contributed by atoms with Gasteiger partial charge in [0.05, 0.1) is 11.7 Å². The minimum atomic E-state index is -3.72. The van der Waals surface area contributed by atoms with Crippen molar-refractivity contribution >= 4 is 16.0 Å². The maximum absolute atomic E-state index is 12.5. The van der Waals surface area contributed by atoms with E-state index in [-0.39, 0.29) is 18.1 Å². The minimum absolute atomic E-state index is 0.0122. The molecule has 2 rings (SSSR count). The van der Waals surface area contributed by atoms with Crippen LogP contribution < -0.4 is 0 Å². The summed E-state index contributed by atoms with van der Waals surface area (Å²) >= 11 is 0. The van der Waals surface area contributed by atoms with Crippen LogP contribution in [0, 0.1) is 11.3 Å². The standard InChI is InChI=1S/C13H21N3O4S/c1-10(2)6-15-7-11(14-9-15)21(19,20)16-5-4-13(3,8-16)12(17)18/h7,9-10H,4-6,8H2,1-3H3,(H,17,18). The fraction of sp³-hybridized carbons (Fsp3) is 0.692. The number of rotatable bonds is 5. The molecule has 1 fully saturated rings. The molecule has 0 amide bonds. The van der Waals surface area contributed by atoms with Gasteiger partial charge in [0.25, 0.3) is 10.0 Å². The van der Waals surface area contributed by atoms with Gasteiger partial charge in [-0.2, -0.15) is 4.31 Å². The van der Waals surface area contributed by atoms with Gasteiger partial charge in [-0.05, 0) is 19.3 Å². The molecular weight excluding hydrogens is 294 g/mol. The Morgan fingerprint density at radius 1 is 1.52 bits per heavy atom. The Hall–Kier alpha value is -1.41. The molecular formula is C13H21N3O4S. The Bertz CT molecular complexity index is 638. The summed E-state index contributed by atoms with van der Waals surface area (Å²) < 4.78 is 28.0. The number of aliphatic carboxylic acids is 1. The lowest BCUT2D eigenvalue weighted by Gasteiger charge is -2.19. The number of aromatic nitrogens is 2. The fourth-order valence-electron chi connectivity index (χ4n) is 2.43. The zero-order chi connectivity index (χ0) is 15.8. The van der Waals surface area contributed by atoms with Gasteiger partial charge in [-0.1, -0.05) is 13.8 Å². The second-order valence-corrected chi connectivity index (χ2v) is 8.14. The molecule has 118 valence electrons. The molecule has 1 saturated heterocycles. The van der Waals surface area contributed by atoms with E-state index in [1.165, 1.54) is 16.8 Å². The molecule has 8 heteroatoms. The number of carboxylic acid groups (broad SMARTS) is 1. The zero-order valence-electron chi connectivity index (χ0n) is 12.5. The van der Waals surface area contributed by atoms with Crippen molar-refractivity contribution in [2.45, 2.75) is 38.8 Å². The predicted octanol–water partition coefficient (Wildman–Crippen LogP) is 1.02. The van der Waals surface area contributed by atoms with Crippen LogP contribution in [0.1, 0.15) is 27.2 Å². The maximum Gasteiger partial charge on any atom is 0.310 e. The molecule has 1 aromatic rings. The fourth-order valence-corrected chi connectivity index (χ4v) is 3.93. The number of carboxylic acids is 1. The third-order valence-corrected chi connectivity index (χ3v) is 5.48. The first-order chi connectivity index (χ1) is 9.65. The molecule has 0 aromatic carbocycles. The van der Waals surface area contributed by atoms with E-state index in [4.69, 9.17) is 0 Å². The first-order valence-electron chi connectivity index (χ1n) is 6.90. The highest BCUT2D eigenvalue weighted by molar-refractivity contribution is 7.89. The highest BCUT2D eigenvalue weighted by Gasteiger charge is 2.45. The Labute approximate surface area is 124 Å². The van der Waals surface area contributed by atoms with Crippen LogP contribution in [0.2, 0.25) is 0 Å². The van der Waals surface area contributed by atoms with Crippen LogP contribution >= 0.6 is 0 Å². The van der Waals surface area contributed by atoms with E-state index in [1.54, 1.807) is 11.5 Å². The van der Waals surface area contributed by atoms with E-state index in [9.17, 15) is 18.3 Å². The average Bonchev–Trinajstić information content (AvgIpc) is 2.96. The van der Waals surface area contributed by atoms with Crippen molar-refractivity contribution < 1.29 is 18.3 Å². The summed E-state index contributed by atoms with van der Waals surface area (Å²) in [4.78, 5) is 15.2. The number of carbonyl (C=O) groups is 1. The summed E-state index contributed by atoms with van der Waals surface area (Å²) in [6.45, 7) is 6.53. The van der Waals surface area contributed by atoms with Crippen molar-refractivity contribution in [3.8, 4) is 0 Å². The number of sulfonamides is 1. The highest BCUT2D eigenvalue weighted by atomic mass is 32.2. The molecule has 21 heavy (non-hydrogen) atoms. The van der Waals surface area contributed by atoms with Gasteiger partial charge in [-0.25, -0.2) is 13.4 Å². The van der Waals surface area contributed by atoms with Gasteiger partial charge in [-0.3, -0.25) is 4.79 Å². The number of imidazole rings is 1. The van der Waals surface area contributed by atoms with Crippen LogP contribution in [0.25, 0.3) is 0 Å². The molecule has 1 aliphatic rings. The molecule has 1 atom stereocenters. The van der Waals surface area contributed by atoms with Gasteiger partial charge < -0.3 is 9.67 Å². The van der Waals surface area contributed by atoms with Crippen LogP contribution in [0.3, 0.4) is 0 Å². The summed E-state index contributed by atoms with van der Waals surface area (Å²) in [6, 6.07) is 0. The molecule has 0 radical (unpaired) electrons. The normalized spacial score (nSPS) is 23.8. The van der Waals surface area contributed by atoms with E-state index >= 15 is 0 Å². The summed E-state index contributed by atoms with van der Waals surface area (Å²) in [5.41, 5.74) is -1.02. The summed E-state index contributed by atoms with van der Waals surface area (Å²) in [5.74, 6) is -0.581. The van der Waals surface area contributed by atoms with Crippen LogP contribution in [0.5, 0.6) is 0 Å². The monoisotopic (exact) mass is 315 g/mol. The topological polar surface area (TPSA) is 92.5 Å². The molecule has 0 bridgehead atoms. The van der Waals surface area contributed by atoms with Crippen LogP contribution in [-0.4, -0.2) is 46.4 Å². The summed E-state index contributed by atoms with van der Waals surface area (Å²) in [7, 11) is -3.72. The summed E-state index contributed by atoms with van der Waals surface area (Å²) in [6.07, 6.45) is 3.32. The molecule has 0 spiro atoms. The third-order valence-electron chi connectivity index (χ3n) is 3.74. The number of nitrogens with zero attached hydrogens (tertiary/aromatic N) is 3. The second-order valence-electron chi connectivity index (χ2n) is 6.26. The number of hydrogen-bond donors (Lipinski definition) is 1. The predicted molar refractivity (Wildman–Crippen MR) is 76.2 cm³/mol. The smallest absolute Gasteiger partial charge is 0.310 e. The van der Waals surface area contributed by atoms with Gasteiger partial charge in [0, 0.05) is 25.8 Å². The molecule has 0 saturated carbocycles. The van der Waals surface area contributed by atoms with E-state index in [0.717, 1.165) is 0 Å². The Morgan fingerprint density at radius 3 is 2.71 bits per heavy atom. The zero-order valence-corrected chi connectivity index (χ0v) is 13.3. The van der Waals surface area contributed by atoms with Crippen LogP contribution in [0.15, 0.2) is 17.6 Å². The quantitative estimate of drug-likeness (QED) is 0.876. The molecule has 1 aromatic heterocycles. The van der Waals surface area contributed by atoms with E-state index in [2.05, 4.69) is 4.98 Å². The van der Waals surface area contributed by atoms with Gasteiger partial charge in [0.2, 0.25) is 0 Å². The van der Waals surface area contributed by atoms with Gasteiger partial charge in [0.15, 0.2) is 5.03 Å². The molecule has 1 aliphatic heterocycles. The second kappa shape index (κ2) is 5.42. The first-order valence-corrected chi connectivity index (χ1v) is 8.34.